The number of nitriles is 1. The predicted octanol–water partition coefficient (Wildman–Crippen LogP) is 2.18. The molecule has 78 valence electrons. The molecule has 1 fully saturated rings. The molecular weight excluding hydrogens is 193 g/mol. The fraction of sp³-hybridized carbons (Fsp3) is 0.364. The van der Waals surface area contributed by atoms with E-state index in [1.807, 2.05) is 0 Å². The number of aryl methyl sites for hydroxylation is 1. The molecular formula is C11H12FN3. The number of halogens is 1. The van der Waals surface area contributed by atoms with E-state index in [-0.39, 0.29) is 5.82 Å². The zero-order chi connectivity index (χ0) is 11.1. The second-order valence-electron chi connectivity index (χ2n) is 4.01. The van der Waals surface area contributed by atoms with Crippen LogP contribution in [0.25, 0.3) is 0 Å². The number of benzene rings is 1. The van der Waals surface area contributed by atoms with Crippen LogP contribution in [0.3, 0.4) is 0 Å². The molecule has 0 aliphatic heterocycles. The molecule has 3 N–H and O–H groups in total. The van der Waals surface area contributed by atoms with Crippen molar-refractivity contribution in [1.82, 2.24) is 0 Å². The number of hydrogen-bond donors (Lipinski definition) is 2. The molecule has 15 heavy (non-hydrogen) atoms. The lowest BCUT2D eigenvalue weighted by Gasteiger charge is -2.13. The van der Waals surface area contributed by atoms with Gasteiger partial charge in [-0.3, -0.25) is 0 Å². The van der Waals surface area contributed by atoms with E-state index in [0.717, 1.165) is 12.8 Å². The first-order valence-electron chi connectivity index (χ1n) is 4.81. The summed E-state index contributed by atoms with van der Waals surface area (Å²) in [5.41, 5.74) is 6.73. The lowest BCUT2D eigenvalue weighted by atomic mass is 10.1. The first-order chi connectivity index (χ1) is 7.06. The molecule has 0 unspecified atom stereocenters. The number of anilines is 2. The van der Waals surface area contributed by atoms with Gasteiger partial charge in [-0.15, -0.1) is 0 Å². The van der Waals surface area contributed by atoms with Crippen molar-refractivity contribution in [2.45, 2.75) is 25.3 Å². The van der Waals surface area contributed by atoms with E-state index in [1.54, 1.807) is 13.0 Å². The van der Waals surface area contributed by atoms with Crippen LogP contribution in [0, 0.1) is 24.1 Å². The zero-order valence-corrected chi connectivity index (χ0v) is 8.47. The summed E-state index contributed by atoms with van der Waals surface area (Å²) in [4.78, 5) is 0. The third kappa shape index (κ3) is 1.73. The Morgan fingerprint density at radius 1 is 1.53 bits per heavy atom. The highest BCUT2D eigenvalue weighted by Gasteiger charge is 2.43. The maximum Gasteiger partial charge on any atom is 0.128 e. The molecule has 1 aliphatic carbocycles. The quantitative estimate of drug-likeness (QED) is 0.727. The summed E-state index contributed by atoms with van der Waals surface area (Å²) in [5.74, 6) is -0.305. The number of nitrogens with zero attached hydrogens (tertiary/aromatic N) is 1. The third-order valence-corrected chi connectivity index (χ3v) is 2.67. The van der Waals surface area contributed by atoms with Gasteiger partial charge in [0.1, 0.15) is 11.4 Å². The maximum absolute atomic E-state index is 13.3. The minimum atomic E-state index is -0.518. The van der Waals surface area contributed by atoms with Gasteiger partial charge in [-0.25, -0.2) is 4.39 Å². The fourth-order valence-electron chi connectivity index (χ4n) is 1.46. The van der Waals surface area contributed by atoms with E-state index in [9.17, 15) is 4.39 Å². The molecule has 0 heterocycles. The van der Waals surface area contributed by atoms with E-state index >= 15 is 0 Å². The van der Waals surface area contributed by atoms with Crippen LogP contribution in [0.1, 0.15) is 18.4 Å². The van der Waals surface area contributed by atoms with Crippen LogP contribution in [-0.4, -0.2) is 5.54 Å². The lowest BCUT2D eigenvalue weighted by molar-refractivity contribution is 0.619. The first kappa shape index (κ1) is 9.78. The van der Waals surface area contributed by atoms with Crippen LogP contribution in [0.2, 0.25) is 0 Å². The molecule has 1 aromatic rings. The highest BCUT2D eigenvalue weighted by atomic mass is 19.1. The number of nitrogens with one attached hydrogen (secondary N) is 1. The topological polar surface area (TPSA) is 61.8 Å². The van der Waals surface area contributed by atoms with Gasteiger partial charge in [-0.1, -0.05) is 0 Å². The zero-order valence-electron chi connectivity index (χ0n) is 8.47. The van der Waals surface area contributed by atoms with Crippen molar-refractivity contribution < 1.29 is 4.39 Å². The Bertz CT molecular complexity index is 444. The van der Waals surface area contributed by atoms with Gasteiger partial charge in [-0.05, 0) is 37.5 Å². The van der Waals surface area contributed by atoms with E-state index in [1.165, 1.54) is 6.07 Å². The smallest absolute Gasteiger partial charge is 0.128 e. The normalized spacial score (nSPS) is 16.9. The van der Waals surface area contributed by atoms with Gasteiger partial charge >= 0.3 is 0 Å². The largest absolute Gasteiger partial charge is 0.397 e. The Morgan fingerprint density at radius 2 is 2.20 bits per heavy atom. The van der Waals surface area contributed by atoms with Crippen molar-refractivity contribution in [3.63, 3.8) is 0 Å². The van der Waals surface area contributed by atoms with E-state index < -0.39 is 5.54 Å². The van der Waals surface area contributed by atoms with Gasteiger partial charge in [0.15, 0.2) is 0 Å². The molecule has 3 nitrogen and oxygen atoms in total. The van der Waals surface area contributed by atoms with Gasteiger partial charge < -0.3 is 11.1 Å². The van der Waals surface area contributed by atoms with E-state index in [2.05, 4.69) is 11.4 Å². The Balaban J connectivity index is 2.30. The van der Waals surface area contributed by atoms with Crippen molar-refractivity contribution in [2.75, 3.05) is 11.1 Å². The monoisotopic (exact) mass is 205 g/mol. The van der Waals surface area contributed by atoms with Crippen LogP contribution in [0.15, 0.2) is 12.1 Å². The van der Waals surface area contributed by atoms with Crippen LogP contribution in [0.4, 0.5) is 15.8 Å². The van der Waals surface area contributed by atoms with Crippen molar-refractivity contribution >= 4 is 11.4 Å². The van der Waals surface area contributed by atoms with Crippen molar-refractivity contribution in [3.05, 3.63) is 23.5 Å². The molecule has 0 amide bonds. The molecule has 0 atom stereocenters. The highest BCUT2D eigenvalue weighted by Crippen LogP contribution is 2.39. The van der Waals surface area contributed by atoms with Crippen LogP contribution >= 0.6 is 0 Å². The Labute approximate surface area is 87.7 Å². The number of nitrogen functional groups attached to an aromatic ring is 1. The molecule has 0 saturated heterocycles. The fourth-order valence-corrected chi connectivity index (χ4v) is 1.46. The van der Waals surface area contributed by atoms with Crippen molar-refractivity contribution in [1.29, 1.82) is 5.26 Å². The summed E-state index contributed by atoms with van der Waals surface area (Å²) in [6.07, 6.45) is 1.58. The van der Waals surface area contributed by atoms with E-state index in [4.69, 9.17) is 11.0 Å². The number of rotatable bonds is 2. The molecule has 0 radical (unpaired) electrons. The summed E-state index contributed by atoms with van der Waals surface area (Å²) in [5, 5.41) is 11.9. The number of nitrogens with two attached hydrogens (primary N) is 1. The van der Waals surface area contributed by atoms with Gasteiger partial charge in [0.05, 0.1) is 17.4 Å². The van der Waals surface area contributed by atoms with E-state index in [0.29, 0.717) is 16.9 Å². The maximum atomic E-state index is 13.3. The summed E-state index contributed by atoms with van der Waals surface area (Å²) >= 11 is 0. The second-order valence-corrected chi connectivity index (χ2v) is 4.01. The molecule has 4 heteroatoms. The molecule has 1 saturated carbocycles. The molecule has 2 rings (SSSR count). The van der Waals surface area contributed by atoms with Gasteiger partial charge in [-0.2, -0.15) is 5.26 Å². The Hall–Kier alpha value is -1.76. The first-order valence-corrected chi connectivity index (χ1v) is 4.81. The molecule has 1 aromatic carbocycles. The van der Waals surface area contributed by atoms with Gasteiger partial charge in [0.2, 0.25) is 0 Å². The molecule has 0 bridgehead atoms. The average molecular weight is 205 g/mol. The summed E-state index contributed by atoms with van der Waals surface area (Å²) < 4.78 is 13.3. The number of hydrogen-bond acceptors (Lipinski definition) is 3. The van der Waals surface area contributed by atoms with Crippen molar-refractivity contribution in [3.8, 4) is 6.07 Å². The van der Waals surface area contributed by atoms with Crippen molar-refractivity contribution in [2.24, 2.45) is 0 Å². The highest BCUT2D eigenvalue weighted by molar-refractivity contribution is 5.69. The standard InChI is InChI=1S/C11H12FN3/c1-7-4-9(14)10(5-8(7)12)15-11(6-13)2-3-11/h4-5,15H,2-3,14H2,1H3. The van der Waals surface area contributed by atoms with Gasteiger partial charge in [0.25, 0.3) is 0 Å². The van der Waals surface area contributed by atoms with Crippen LogP contribution in [-0.2, 0) is 0 Å². The molecule has 0 aromatic heterocycles. The minimum absolute atomic E-state index is 0.305. The van der Waals surface area contributed by atoms with Crippen LogP contribution < -0.4 is 11.1 Å². The minimum Gasteiger partial charge on any atom is -0.397 e. The molecule has 0 spiro atoms. The third-order valence-electron chi connectivity index (χ3n) is 2.67. The summed E-state index contributed by atoms with van der Waals surface area (Å²) in [7, 11) is 0. The molecule has 1 aliphatic rings. The average Bonchev–Trinajstić information content (AvgIpc) is 2.95. The van der Waals surface area contributed by atoms with Crippen LogP contribution in [0.5, 0.6) is 0 Å². The Kier molecular flexibility index (Phi) is 2.04. The summed E-state index contributed by atoms with van der Waals surface area (Å²) in [6.45, 7) is 1.66. The second kappa shape index (κ2) is 3.13. The summed E-state index contributed by atoms with van der Waals surface area (Å²) in [6, 6.07) is 5.10. The SMILES string of the molecule is Cc1cc(N)c(NC2(C#N)CC2)cc1F. The lowest BCUT2D eigenvalue weighted by Crippen LogP contribution is -2.19. The Morgan fingerprint density at radius 3 is 2.73 bits per heavy atom. The predicted molar refractivity (Wildman–Crippen MR) is 56.8 cm³/mol. The van der Waals surface area contributed by atoms with Gasteiger partial charge in [0, 0.05) is 0 Å².